The van der Waals surface area contributed by atoms with Crippen molar-refractivity contribution in [3.8, 4) is 0 Å². The van der Waals surface area contributed by atoms with Gasteiger partial charge >= 0.3 is 18.5 Å². The van der Waals surface area contributed by atoms with Gasteiger partial charge in [-0.25, -0.2) is 4.39 Å². The Morgan fingerprint density at radius 3 is 2.16 bits per heavy atom. The van der Waals surface area contributed by atoms with Crippen molar-refractivity contribution in [1.29, 1.82) is 0 Å². The molecule has 0 saturated heterocycles. The summed E-state index contributed by atoms with van der Waals surface area (Å²) in [6.07, 6.45) is -15.2. The summed E-state index contributed by atoms with van der Waals surface area (Å²) in [7, 11) is 0. The van der Waals surface area contributed by atoms with Gasteiger partial charge in [-0.05, 0) is 68.2 Å². The lowest BCUT2D eigenvalue weighted by molar-refractivity contribution is -0.143. The molecule has 0 spiro atoms. The number of hydrogen-bond acceptors (Lipinski definition) is 2. The Kier molecular flexibility index (Phi) is 10.9. The molecule has 0 aliphatic heterocycles. The third-order valence-electron chi connectivity index (χ3n) is 6.45. The van der Waals surface area contributed by atoms with Crippen molar-refractivity contribution in [2.75, 3.05) is 6.54 Å². The van der Waals surface area contributed by atoms with Crippen LogP contribution in [0.4, 0.5) is 43.9 Å². The predicted octanol–water partition coefficient (Wildman–Crippen LogP) is 8.53. The van der Waals surface area contributed by atoms with E-state index in [1.165, 1.54) is 12.2 Å². The van der Waals surface area contributed by atoms with Gasteiger partial charge in [0.1, 0.15) is 24.3 Å². The fraction of sp³-hybridized carbons (Fsp3) is 0.407. The molecule has 1 aliphatic rings. The lowest BCUT2D eigenvalue weighted by Crippen LogP contribution is -2.52. The highest BCUT2D eigenvalue weighted by atomic mass is 35.5. The summed E-state index contributed by atoms with van der Waals surface area (Å²) in [5, 5.41) is 2.95. The number of carbonyl (C=O) groups excluding carboxylic acids is 2. The zero-order valence-electron chi connectivity index (χ0n) is 22.5. The predicted molar refractivity (Wildman–Crippen MR) is 141 cm³/mol. The minimum absolute atomic E-state index is 0.0338. The summed E-state index contributed by atoms with van der Waals surface area (Å²) in [4.78, 5) is 24.7. The molecule has 1 aliphatic carbocycles. The molecule has 1 aromatic rings. The summed E-state index contributed by atoms with van der Waals surface area (Å²) in [6, 6.07) is 0.0989. The number of nitrogens with one attached hydrogen (secondary N) is 2. The van der Waals surface area contributed by atoms with Gasteiger partial charge < -0.3 is 10.6 Å². The lowest BCUT2D eigenvalue weighted by atomic mass is 9.73. The van der Waals surface area contributed by atoms with Crippen LogP contribution in [0.5, 0.6) is 0 Å². The van der Waals surface area contributed by atoms with E-state index in [1.807, 2.05) is 5.32 Å². The van der Waals surface area contributed by atoms with Crippen LogP contribution in [0, 0.1) is 5.41 Å². The molecular formula is C27H24Cl2F10N2O2. The third-order valence-corrected chi connectivity index (χ3v) is 7.25. The van der Waals surface area contributed by atoms with Crippen LogP contribution < -0.4 is 10.6 Å². The standard InChI is InChI=1S/C27H24Cl2F10N2O2/c1-12(2)16-7-15(8-18(28)21(16)29)17(26(34,35)36)10-19(30)14-5-6-24(4,20(9-14)27(37,38)39)23(43)41-13(3)22(42)40-11-25(31,32)33/h5,7-10,13,17H,1,6,11H2,2-4H3,(H,40,42)(H,41,43)/b19-10-/t13-,17?,24?/m1/s1. The van der Waals surface area contributed by atoms with Crippen LogP contribution in [0.3, 0.4) is 0 Å². The van der Waals surface area contributed by atoms with Gasteiger partial charge in [0.05, 0.1) is 15.5 Å². The first-order valence-corrected chi connectivity index (χ1v) is 12.9. The molecule has 0 radical (unpaired) electrons. The van der Waals surface area contributed by atoms with Crippen molar-refractivity contribution in [3.63, 3.8) is 0 Å². The molecule has 4 nitrogen and oxygen atoms in total. The molecule has 2 rings (SSSR count). The molecule has 238 valence electrons. The first kappa shape index (κ1) is 36.2. The van der Waals surface area contributed by atoms with Gasteiger partial charge in [0.15, 0.2) is 0 Å². The van der Waals surface area contributed by atoms with Gasteiger partial charge in [-0.2, -0.15) is 39.5 Å². The fourth-order valence-electron chi connectivity index (χ4n) is 4.06. The highest BCUT2D eigenvalue weighted by molar-refractivity contribution is 6.43. The minimum atomic E-state index is -5.31. The first-order valence-electron chi connectivity index (χ1n) is 12.1. The van der Waals surface area contributed by atoms with E-state index >= 15 is 4.39 Å². The number of hydrogen-bond donors (Lipinski definition) is 2. The summed E-state index contributed by atoms with van der Waals surface area (Å²) in [5.41, 5.74) is -5.41. The minimum Gasteiger partial charge on any atom is -0.345 e. The van der Waals surface area contributed by atoms with Gasteiger partial charge in [-0.1, -0.05) is 35.9 Å². The van der Waals surface area contributed by atoms with Crippen molar-refractivity contribution in [1.82, 2.24) is 10.6 Å². The molecule has 0 fully saturated rings. The Morgan fingerprint density at radius 2 is 1.67 bits per heavy atom. The number of rotatable bonds is 8. The molecule has 2 amide bonds. The average Bonchev–Trinajstić information content (AvgIpc) is 2.85. The Morgan fingerprint density at radius 1 is 1.09 bits per heavy atom. The summed E-state index contributed by atoms with van der Waals surface area (Å²) in [6.45, 7) is 4.97. The first-order chi connectivity index (χ1) is 19.4. The van der Waals surface area contributed by atoms with Crippen LogP contribution >= 0.6 is 23.2 Å². The van der Waals surface area contributed by atoms with E-state index in [2.05, 4.69) is 6.58 Å². The maximum atomic E-state index is 15.3. The second kappa shape index (κ2) is 12.9. The number of carbonyl (C=O) groups is 2. The zero-order chi connectivity index (χ0) is 33.3. The van der Waals surface area contributed by atoms with E-state index in [0.29, 0.717) is 0 Å². The smallest absolute Gasteiger partial charge is 0.345 e. The normalized spacial score (nSPS) is 19.7. The molecule has 2 N–H and O–H groups in total. The van der Waals surface area contributed by atoms with Gasteiger partial charge in [0.2, 0.25) is 11.8 Å². The van der Waals surface area contributed by atoms with E-state index in [0.717, 1.165) is 32.1 Å². The Labute approximate surface area is 249 Å². The van der Waals surface area contributed by atoms with E-state index in [4.69, 9.17) is 23.2 Å². The topological polar surface area (TPSA) is 58.2 Å². The Hall–Kier alpha value is -3.00. The number of alkyl halides is 9. The maximum Gasteiger partial charge on any atom is 0.413 e. The Balaban J connectivity index is 2.48. The largest absolute Gasteiger partial charge is 0.413 e. The second-order valence-corrected chi connectivity index (χ2v) is 10.7. The molecule has 0 bridgehead atoms. The molecule has 0 aromatic heterocycles. The van der Waals surface area contributed by atoms with Gasteiger partial charge in [0.25, 0.3) is 0 Å². The average molecular weight is 669 g/mol. The number of amides is 2. The van der Waals surface area contributed by atoms with Crippen LogP contribution in [0.2, 0.25) is 10.0 Å². The monoisotopic (exact) mass is 668 g/mol. The van der Waals surface area contributed by atoms with E-state index in [-0.39, 0.29) is 33.3 Å². The molecule has 2 unspecified atom stereocenters. The molecule has 16 heteroatoms. The van der Waals surface area contributed by atoms with Crippen molar-refractivity contribution in [2.24, 2.45) is 5.41 Å². The molecule has 3 atom stereocenters. The van der Waals surface area contributed by atoms with E-state index < -0.39 is 83.2 Å². The lowest BCUT2D eigenvalue weighted by Gasteiger charge is -2.35. The van der Waals surface area contributed by atoms with E-state index in [9.17, 15) is 49.1 Å². The number of benzene rings is 1. The van der Waals surface area contributed by atoms with E-state index in [1.54, 1.807) is 0 Å². The Bertz CT molecular complexity index is 1380. The molecule has 43 heavy (non-hydrogen) atoms. The van der Waals surface area contributed by atoms with Gasteiger partial charge in [-0.3, -0.25) is 9.59 Å². The van der Waals surface area contributed by atoms with Crippen molar-refractivity contribution in [3.05, 3.63) is 75.1 Å². The van der Waals surface area contributed by atoms with Crippen LogP contribution in [0.25, 0.3) is 5.57 Å². The maximum absolute atomic E-state index is 15.3. The highest BCUT2D eigenvalue weighted by Gasteiger charge is 2.51. The fourth-order valence-corrected chi connectivity index (χ4v) is 4.56. The quantitative estimate of drug-likeness (QED) is 0.273. The highest BCUT2D eigenvalue weighted by Crippen LogP contribution is 2.48. The molecule has 0 heterocycles. The van der Waals surface area contributed by atoms with Crippen LogP contribution in [0.15, 0.2) is 53.9 Å². The molecule has 1 aromatic carbocycles. The zero-order valence-corrected chi connectivity index (χ0v) is 24.0. The summed E-state index contributed by atoms with van der Waals surface area (Å²) >= 11 is 12.0. The SMILES string of the molecule is C=C(C)c1cc(C(/C=C(\F)C2=CCC(C)(C(=O)N[C@H](C)C(=O)NCC(F)(F)F)C(C(F)(F)F)=C2)C(F)(F)F)cc(Cl)c1Cl. The van der Waals surface area contributed by atoms with Crippen LogP contribution in [-0.4, -0.2) is 42.9 Å². The van der Waals surface area contributed by atoms with Crippen molar-refractivity contribution in [2.45, 2.75) is 57.7 Å². The second-order valence-electron chi connectivity index (χ2n) is 9.96. The third kappa shape index (κ3) is 9.01. The number of allylic oxidation sites excluding steroid dienone is 6. The summed E-state index contributed by atoms with van der Waals surface area (Å²) in [5.74, 6) is -7.17. The van der Waals surface area contributed by atoms with Gasteiger partial charge in [-0.15, -0.1) is 0 Å². The molecule has 0 saturated carbocycles. The van der Waals surface area contributed by atoms with Crippen molar-refractivity contribution >= 4 is 40.6 Å². The summed E-state index contributed by atoms with van der Waals surface area (Å²) < 4.78 is 137. The molecular weight excluding hydrogens is 645 g/mol. The van der Waals surface area contributed by atoms with Gasteiger partial charge in [0, 0.05) is 11.1 Å². The van der Waals surface area contributed by atoms with Crippen LogP contribution in [-0.2, 0) is 9.59 Å². The van der Waals surface area contributed by atoms with Crippen LogP contribution in [0.1, 0.15) is 44.2 Å². The van der Waals surface area contributed by atoms with Crippen molar-refractivity contribution < 1.29 is 53.5 Å². The number of halogens is 12.